The number of benzene rings is 1. The van der Waals surface area contributed by atoms with E-state index in [1.165, 1.54) is 13.1 Å². The SMILES string of the molecule is CNCCN(C)c1cc(S(=O)(=O)NC)ccc1N. The second-order valence-electron chi connectivity index (χ2n) is 3.95. The summed E-state index contributed by atoms with van der Waals surface area (Å²) in [6.45, 7) is 1.53. The molecule has 7 heteroatoms. The van der Waals surface area contributed by atoms with E-state index in [1.54, 1.807) is 12.1 Å². The molecule has 0 amide bonds. The van der Waals surface area contributed by atoms with Crippen LogP contribution in [0.5, 0.6) is 0 Å². The minimum atomic E-state index is -3.44. The number of nitrogens with two attached hydrogens (primary N) is 1. The molecule has 0 saturated carbocycles. The Bertz CT molecular complexity index is 502. The topological polar surface area (TPSA) is 87.5 Å². The van der Waals surface area contributed by atoms with Crippen molar-refractivity contribution in [2.75, 3.05) is 44.9 Å². The molecular weight excluding hydrogens is 252 g/mol. The van der Waals surface area contributed by atoms with Gasteiger partial charge in [0.15, 0.2) is 0 Å². The summed E-state index contributed by atoms with van der Waals surface area (Å²) in [5.74, 6) is 0. The lowest BCUT2D eigenvalue weighted by Crippen LogP contribution is -2.28. The number of rotatable bonds is 6. The Morgan fingerprint density at radius 2 is 2.00 bits per heavy atom. The van der Waals surface area contributed by atoms with Crippen molar-refractivity contribution in [3.8, 4) is 0 Å². The fourth-order valence-corrected chi connectivity index (χ4v) is 2.29. The lowest BCUT2D eigenvalue weighted by molar-refractivity contribution is 0.588. The van der Waals surface area contributed by atoms with E-state index in [1.807, 2.05) is 19.0 Å². The van der Waals surface area contributed by atoms with E-state index in [0.29, 0.717) is 11.4 Å². The van der Waals surface area contributed by atoms with Gasteiger partial charge >= 0.3 is 0 Å². The third-order valence-electron chi connectivity index (χ3n) is 2.69. The largest absolute Gasteiger partial charge is 0.397 e. The van der Waals surface area contributed by atoms with Crippen LogP contribution in [0.1, 0.15) is 0 Å². The van der Waals surface area contributed by atoms with Gasteiger partial charge in [0.1, 0.15) is 0 Å². The number of hydrogen-bond donors (Lipinski definition) is 3. The molecule has 0 radical (unpaired) electrons. The van der Waals surface area contributed by atoms with Gasteiger partial charge in [0.25, 0.3) is 0 Å². The molecule has 0 saturated heterocycles. The maximum atomic E-state index is 11.7. The van der Waals surface area contributed by atoms with E-state index < -0.39 is 10.0 Å². The molecule has 0 aliphatic carbocycles. The lowest BCUT2D eigenvalue weighted by atomic mass is 10.2. The molecule has 0 heterocycles. The average Bonchev–Trinajstić information content (AvgIpc) is 2.36. The summed E-state index contributed by atoms with van der Waals surface area (Å²) >= 11 is 0. The molecule has 4 N–H and O–H groups in total. The van der Waals surface area contributed by atoms with Gasteiger partial charge in [-0.05, 0) is 32.3 Å². The van der Waals surface area contributed by atoms with E-state index in [9.17, 15) is 8.42 Å². The Morgan fingerprint density at radius 3 is 2.56 bits per heavy atom. The molecule has 1 aromatic rings. The van der Waals surface area contributed by atoms with Crippen molar-refractivity contribution < 1.29 is 8.42 Å². The first-order valence-electron chi connectivity index (χ1n) is 5.61. The molecule has 0 unspecified atom stereocenters. The van der Waals surface area contributed by atoms with Crippen LogP contribution in [0, 0.1) is 0 Å². The Kier molecular flexibility index (Phi) is 4.94. The van der Waals surface area contributed by atoms with E-state index in [4.69, 9.17) is 5.73 Å². The van der Waals surface area contributed by atoms with E-state index >= 15 is 0 Å². The number of likely N-dealkylation sites (N-methyl/N-ethyl adjacent to an activating group) is 2. The first-order valence-corrected chi connectivity index (χ1v) is 7.09. The lowest BCUT2D eigenvalue weighted by Gasteiger charge is -2.21. The quantitative estimate of drug-likeness (QED) is 0.626. The second-order valence-corrected chi connectivity index (χ2v) is 5.84. The highest BCUT2D eigenvalue weighted by Crippen LogP contribution is 2.25. The summed E-state index contributed by atoms with van der Waals surface area (Å²) in [4.78, 5) is 2.13. The number of nitrogens with one attached hydrogen (secondary N) is 2. The van der Waals surface area contributed by atoms with Crippen molar-refractivity contribution in [3.05, 3.63) is 18.2 Å². The first kappa shape index (κ1) is 14.7. The molecule has 1 rings (SSSR count). The minimum absolute atomic E-state index is 0.213. The van der Waals surface area contributed by atoms with Crippen LogP contribution < -0.4 is 20.7 Å². The highest BCUT2D eigenvalue weighted by Gasteiger charge is 2.14. The van der Waals surface area contributed by atoms with E-state index in [-0.39, 0.29) is 4.90 Å². The standard InChI is InChI=1S/C11H20N4O2S/c1-13-6-7-15(3)11-8-9(4-5-10(11)12)18(16,17)14-2/h4-5,8,13-14H,6-7,12H2,1-3H3. The van der Waals surface area contributed by atoms with Crippen LogP contribution in [-0.2, 0) is 10.0 Å². The summed E-state index contributed by atoms with van der Waals surface area (Å²) < 4.78 is 25.7. The Hall–Kier alpha value is -1.31. The van der Waals surface area contributed by atoms with Crippen LogP contribution in [0.15, 0.2) is 23.1 Å². The summed E-state index contributed by atoms with van der Waals surface area (Å²) in [6.07, 6.45) is 0. The summed E-state index contributed by atoms with van der Waals surface area (Å²) in [5.41, 5.74) is 7.14. The minimum Gasteiger partial charge on any atom is -0.397 e. The van der Waals surface area contributed by atoms with Crippen molar-refractivity contribution in [1.29, 1.82) is 0 Å². The Labute approximate surface area is 108 Å². The average molecular weight is 272 g/mol. The van der Waals surface area contributed by atoms with Gasteiger partial charge in [-0.1, -0.05) is 0 Å². The fourth-order valence-electron chi connectivity index (χ4n) is 1.54. The molecule has 0 aliphatic rings. The molecule has 0 atom stereocenters. The predicted octanol–water partition coefficient (Wildman–Crippen LogP) is -0.167. The number of sulfonamides is 1. The number of anilines is 2. The highest BCUT2D eigenvalue weighted by atomic mass is 32.2. The summed E-state index contributed by atoms with van der Waals surface area (Å²) in [6, 6.07) is 4.68. The number of nitrogens with zero attached hydrogens (tertiary/aromatic N) is 1. The number of hydrogen-bond acceptors (Lipinski definition) is 5. The predicted molar refractivity (Wildman–Crippen MR) is 74.3 cm³/mol. The maximum absolute atomic E-state index is 11.7. The van der Waals surface area contributed by atoms with Crippen LogP contribution >= 0.6 is 0 Å². The van der Waals surface area contributed by atoms with Gasteiger partial charge in [0.05, 0.1) is 16.3 Å². The molecule has 0 fully saturated rings. The van der Waals surface area contributed by atoms with Crippen LogP contribution in [0.2, 0.25) is 0 Å². The van der Waals surface area contributed by atoms with Crippen molar-refractivity contribution in [3.63, 3.8) is 0 Å². The Balaban J connectivity index is 3.09. The van der Waals surface area contributed by atoms with Crippen molar-refractivity contribution >= 4 is 21.4 Å². The van der Waals surface area contributed by atoms with Gasteiger partial charge in [-0.25, -0.2) is 13.1 Å². The molecule has 1 aromatic carbocycles. The summed E-state index contributed by atoms with van der Waals surface area (Å²) in [5, 5.41) is 3.03. The van der Waals surface area contributed by atoms with Crippen molar-refractivity contribution in [1.82, 2.24) is 10.0 Å². The molecular formula is C11H20N4O2S. The van der Waals surface area contributed by atoms with Crippen LogP contribution in [0.4, 0.5) is 11.4 Å². The summed E-state index contributed by atoms with van der Waals surface area (Å²) in [7, 11) is 1.68. The van der Waals surface area contributed by atoms with E-state index in [0.717, 1.165) is 13.1 Å². The highest BCUT2D eigenvalue weighted by molar-refractivity contribution is 7.89. The molecule has 6 nitrogen and oxygen atoms in total. The van der Waals surface area contributed by atoms with Gasteiger partial charge < -0.3 is 16.0 Å². The normalized spacial score (nSPS) is 11.5. The van der Waals surface area contributed by atoms with Gasteiger partial charge in [0, 0.05) is 20.1 Å². The zero-order valence-corrected chi connectivity index (χ0v) is 11.7. The third kappa shape index (κ3) is 3.34. The molecule has 0 aromatic heterocycles. The fraction of sp³-hybridized carbons (Fsp3) is 0.455. The van der Waals surface area contributed by atoms with Crippen molar-refractivity contribution in [2.45, 2.75) is 4.90 Å². The van der Waals surface area contributed by atoms with Crippen LogP contribution in [0.25, 0.3) is 0 Å². The zero-order chi connectivity index (χ0) is 13.8. The first-order chi connectivity index (χ1) is 8.42. The van der Waals surface area contributed by atoms with Gasteiger partial charge in [0.2, 0.25) is 10.0 Å². The monoisotopic (exact) mass is 272 g/mol. The Morgan fingerprint density at radius 1 is 1.33 bits per heavy atom. The van der Waals surface area contributed by atoms with E-state index in [2.05, 4.69) is 10.0 Å². The van der Waals surface area contributed by atoms with Crippen molar-refractivity contribution in [2.24, 2.45) is 0 Å². The molecule has 18 heavy (non-hydrogen) atoms. The smallest absolute Gasteiger partial charge is 0.240 e. The van der Waals surface area contributed by atoms with Crippen LogP contribution in [0.3, 0.4) is 0 Å². The second kappa shape index (κ2) is 6.03. The van der Waals surface area contributed by atoms with Gasteiger partial charge in [-0.15, -0.1) is 0 Å². The van der Waals surface area contributed by atoms with Crippen LogP contribution in [-0.4, -0.2) is 42.7 Å². The van der Waals surface area contributed by atoms with Gasteiger partial charge in [-0.2, -0.15) is 0 Å². The molecule has 102 valence electrons. The number of nitrogen functional groups attached to an aromatic ring is 1. The molecule has 0 aliphatic heterocycles. The molecule has 0 spiro atoms. The molecule has 0 bridgehead atoms. The third-order valence-corrected chi connectivity index (χ3v) is 4.10. The van der Waals surface area contributed by atoms with Gasteiger partial charge in [-0.3, -0.25) is 0 Å². The maximum Gasteiger partial charge on any atom is 0.240 e. The zero-order valence-electron chi connectivity index (χ0n) is 10.9.